The second kappa shape index (κ2) is 12.6. The van der Waals surface area contributed by atoms with E-state index in [2.05, 4.69) is 5.32 Å². The topological polar surface area (TPSA) is 75.0 Å². The summed E-state index contributed by atoms with van der Waals surface area (Å²) in [7, 11) is 1.55. The molecule has 2 aromatic rings. The summed E-state index contributed by atoms with van der Waals surface area (Å²) < 4.78 is 23.7. The molecule has 0 unspecified atom stereocenters. The van der Waals surface area contributed by atoms with Gasteiger partial charge in [0.05, 0.1) is 19.4 Å². The highest BCUT2D eigenvalue weighted by molar-refractivity contribution is 5.84. The van der Waals surface area contributed by atoms with Gasteiger partial charge >= 0.3 is 6.03 Å². The minimum atomic E-state index is -0.336. The summed E-state index contributed by atoms with van der Waals surface area (Å²) in [5.74, 6) is 0.0518. The van der Waals surface area contributed by atoms with E-state index in [-0.39, 0.29) is 37.4 Å². The Hall–Kier alpha value is -2.87. The van der Waals surface area contributed by atoms with Crippen molar-refractivity contribution in [1.29, 1.82) is 0 Å². The molecular formula is C22H30FN3O4. The minimum Gasteiger partial charge on any atom is -0.467 e. The highest BCUT2D eigenvalue weighted by Gasteiger charge is 2.22. The Morgan fingerprint density at radius 2 is 1.90 bits per heavy atom. The van der Waals surface area contributed by atoms with Gasteiger partial charge in [0.25, 0.3) is 0 Å². The Morgan fingerprint density at radius 3 is 2.53 bits per heavy atom. The molecule has 1 aromatic carbocycles. The van der Waals surface area contributed by atoms with E-state index in [1.807, 2.05) is 6.92 Å². The summed E-state index contributed by atoms with van der Waals surface area (Å²) >= 11 is 0. The number of nitrogens with one attached hydrogen (secondary N) is 1. The standard InChI is InChI=1S/C22H30FN3O4/c1-3-4-11-24-22(28)25(12-14-29-2)17-21(27)26(16-20-6-5-13-30-20)15-18-7-9-19(23)10-8-18/h5-10,13H,3-4,11-12,14-17H2,1-2H3,(H,24,28). The molecule has 0 bridgehead atoms. The molecule has 0 atom stereocenters. The number of furan rings is 1. The molecule has 7 nitrogen and oxygen atoms in total. The lowest BCUT2D eigenvalue weighted by molar-refractivity contribution is -0.133. The lowest BCUT2D eigenvalue weighted by Gasteiger charge is -2.27. The van der Waals surface area contributed by atoms with E-state index >= 15 is 0 Å². The van der Waals surface area contributed by atoms with Gasteiger partial charge in [-0.2, -0.15) is 0 Å². The second-order valence-corrected chi connectivity index (χ2v) is 6.96. The lowest BCUT2D eigenvalue weighted by Crippen LogP contribution is -2.47. The lowest BCUT2D eigenvalue weighted by atomic mass is 10.2. The molecule has 164 valence electrons. The van der Waals surface area contributed by atoms with Gasteiger partial charge in [0.15, 0.2) is 0 Å². The number of methoxy groups -OCH3 is 1. The van der Waals surface area contributed by atoms with Crippen molar-refractivity contribution in [3.8, 4) is 0 Å². The van der Waals surface area contributed by atoms with E-state index in [4.69, 9.17) is 9.15 Å². The molecule has 1 N–H and O–H groups in total. The van der Waals surface area contributed by atoms with Crippen LogP contribution in [0.2, 0.25) is 0 Å². The van der Waals surface area contributed by atoms with Crippen molar-refractivity contribution in [2.45, 2.75) is 32.9 Å². The summed E-state index contributed by atoms with van der Waals surface area (Å²) in [6, 6.07) is 9.23. The quantitative estimate of drug-likeness (QED) is 0.535. The average molecular weight is 419 g/mol. The number of carbonyl (C=O) groups is 2. The fourth-order valence-electron chi connectivity index (χ4n) is 2.83. The summed E-state index contributed by atoms with van der Waals surface area (Å²) in [6.45, 7) is 3.65. The number of unbranched alkanes of at least 4 members (excludes halogenated alkanes) is 1. The zero-order valence-corrected chi connectivity index (χ0v) is 17.6. The van der Waals surface area contributed by atoms with Crippen molar-refractivity contribution in [3.05, 3.63) is 59.8 Å². The highest BCUT2D eigenvalue weighted by Crippen LogP contribution is 2.12. The number of halogens is 1. The van der Waals surface area contributed by atoms with Crippen LogP contribution in [-0.4, -0.2) is 55.1 Å². The van der Waals surface area contributed by atoms with Crippen LogP contribution in [0.5, 0.6) is 0 Å². The van der Waals surface area contributed by atoms with Crippen molar-refractivity contribution < 1.29 is 23.1 Å². The Labute approximate surface area is 176 Å². The molecule has 0 spiro atoms. The van der Waals surface area contributed by atoms with E-state index in [0.717, 1.165) is 18.4 Å². The summed E-state index contributed by atoms with van der Waals surface area (Å²) in [5, 5.41) is 2.84. The number of rotatable bonds is 12. The van der Waals surface area contributed by atoms with Crippen LogP contribution in [0.4, 0.5) is 9.18 Å². The van der Waals surface area contributed by atoms with Gasteiger partial charge in [0, 0.05) is 26.7 Å². The predicted octanol–water partition coefficient (Wildman–Crippen LogP) is 3.41. The fourth-order valence-corrected chi connectivity index (χ4v) is 2.83. The van der Waals surface area contributed by atoms with Gasteiger partial charge in [0.1, 0.15) is 18.1 Å². The molecule has 3 amide bonds. The Kier molecular flexibility index (Phi) is 9.86. The minimum absolute atomic E-state index is 0.0940. The number of hydrogen-bond donors (Lipinski definition) is 1. The van der Waals surface area contributed by atoms with Gasteiger partial charge in [0.2, 0.25) is 5.91 Å². The SMILES string of the molecule is CCCCNC(=O)N(CCOC)CC(=O)N(Cc1ccc(F)cc1)Cc1ccco1. The second-order valence-electron chi connectivity index (χ2n) is 6.96. The molecule has 0 saturated carbocycles. The Morgan fingerprint density at radius 1 is 1.13 bits per heavy atom. The molecule has 8 heteroatoms. The van der Waals surface area contributed by atoms with Gasteiger partial charge in [-0.05, 0) is 36.2 Å². The van der Waals surface area contributed by atoms with Crippen LogP contribution in [0.15, 0.2) is 47.1 Å². The van der Waals surface area contributed by atoms with Crippen molar-refractivity contribution in [2.24, 2.45) is 0 Å². The fraction of sp³-hybridized carbons (Fsp3) is 0.455. The third kappa shape index (κ3) is 7.87. The van der Waals surface area contributed by atoms with E-state index in [1.165, 1.54) is 17.0 Å². The predicted molar refractivity (Wildman–Crippen MR) is 111 cm³/mol. The van der Waals surface area contributed by atoms with Crippen molar-refractivity contribution >= 4 is 11.9 Å². The molecule has 0 aliphatic heterocycles. The van der Waals surface area contributed by atoms with Gasteiger partial charge in [-0.15, -0.1) is 0 Å². The largest absolute Gasteiger partial charge is 0.467 e. The third-order valence-corrected chi connectivity index (χ3v) is 4.55. The van der Waals surface area contributed by atoms with Gasteiger partial charge < -0.3 is 24.3 Å². The van der Waals surface area contributed by atoms with Gasteiger partial charge in [-0.1, -0.05) is 25.5 Å². The third-order valence-electron chi connectivity index (χ3n) is 4.55. The number of urea groups is 1. The molecule has 0 aliphatic carbocycles. The van der Waals surface area contributed by atoms with E-state index < -0.39 is 0 Å². The maximum atomic E-state index is 13.2. The summed E-state index contributed by atoms with van der Waals surface area (Å²) in [6.07, 6.45) is 3.38. The first-order chi connectivity index (χ1) is 14.5. The Balaban J connectivity index is 2.10. The zero-order valence-electron chi connectivity index (χ0n) is 17.6. The van der Waals surface area contributed by atoms with Crippen LogP contribution in [0.3, 0.4) is 0 Å². The van der Waals surface area contributed by atoms with Crippen LogP contribution >= 0.6 is 0 Å². The monoisotopic (exact) mass is 419 g/mol. The normalized spacial score (nSPS) is 10.6. The van der Waals surface area contributed by atoms with E-state index in [1.54, 1.807) is 42.5 Å². The van der Waals surface area contributed by atoms with Crippen LogP contribution in [0, 0.1) is 5.82 Å². The number of amides is 3. The first kappa shape index (κ1) is 23.4. The molecule has 30 heavy (non-hydrogen) atoms. The molecule has 1 aromatic heterocycles. The summed E-state index contributed by atoms with van der Waals surface area (Å²) in [5.41, 5.74) is 0.784. The van der Waals surface area contributed by atoms with Crippen LogP contribution in [0.1, 0.15) is 31.1 Å². The molecule has 0 fully saturated rings. The molecule has 0 saturated heterocycles. The number of nitrogens with zero attached hydrogens (tertiary/aromatic N) is 2. The maximum Gasteiger partial charge on any atom is 0.317 e. The Bertz CT molecular complexity index is 765. The van der Waals surface area contributed by atoms with E-state index in [9.17, 15) is 14.0 Å². The van der Waals surface area contributed by atoms with Gasteiger partial charge in [-0.25, -0.2) is 9.18 Å². The van der Waals surface area contributed by atoms with E-state index in [0.29, 0.717) is 25.5 Å². The number of hydrogen-bond acceptors (Lipinski definition) is 4. The number of ether oxygens (including phenoxy) is 1. The smallest absolute Gasteiger partial charge is 0.317 e. The number of benzene rings is 1. The zero-order chi connectivity index (χ0) is 21.8. The molecular weight excluding hydrogens is 389 g/mol. The molecule has 0 radical (unpaired) electrons. The summed E-state index contributed by atoms with van der Waals surface area (Å²) in [4.78, 5) is 28.7. The highest BCUT2D eigenvalue weighted by atomic mass is 19.1. The van der Waals surface area contributed by atoms with Gasteiger partial charge in [-0.3, -0.25) is 4.79 Å². The van der Waals surface area contributed by atoms with Crippen molar-refractivity contribution in [1.82, 2.24) is 15.1 Å². The number of carbonyl (C=O) groups excluding carboxylic acids is 2. The molecule has 2 rings (SSSR count). The van der Waals surface area contributed by atoms with Crippen LogP contribution < -0.4 is 5.32 Å². The van der Waals surface area contributed by atoms with Crippen LogP contribution in [0.25, 0.3) is 0 Å². The molecule has 1 heterocycles. The maximum absolute atomic E-state index is 13.2. The van der Waals surface area contributed by atoms with Crippen molar-refractivity contribution in [3.63, 3.8) is 0 Å². The first-order valence-corrected chi connectivity index (χ1v) is 10.1. The van der Waals surface area contributed by atoms with Crippen LogP contribution in [-0.2, 0) is 22.6 Å². The molecule has 0 aliphatic rings. The van der Waals surface area contributed by atoms with Crippen molar-refractivity contribution in [2.75, 3.05) is 33.4 Å². The average Bonchev–Trinajstić information content (AvgIpc) is 3.25. The first-order valence-electron chi connectivity index (χ1n) is 10.1.